The lowest BCUT2D eigenvalue weighted by atomic mass is 10.0. The fourth-order valence-electron chi connectivity index (χ4n) is 1.91. The molecular formula is C15H23N3O3. The van der Waals surface area contributed by atoms with Crippen LogP contribution in [-0.4, -0.2) is 28.6 Å². The molecule has 2 unspecified atom stereocenters. The number of nitrogens with one attached hydrogen (secondary N) is 2. The molecule has 6 heteroatoms. The largest absolute Gasteiger partial charge is 0.481 e. The number of pyridine rings is 1. The van der Waals surface area contributed by atoms with Gasteiger partial charge in [-0.1, -0.05) is 13.0 Å². The molecular weight excluding hydrogens is 270 g/mol. The van der Waals surface area contributed by atoms with E-state index in [1.807, 2.05) is 26.0 Å². The number of hydrogen-bond donors (Lipinski definition) is 3. The van der Waals surface area contributed by atoms with Crippen molar-refractivity contribution in [2.45, 2.75) is 39.2 Å². The van der Waals surface area contributed by atoms with Gasteiger partial charge in [0.2, 0.25) is 0 Å². The standard InChI is InChI=1S/C15H23N3O3/c1-11(5-6-14(19)20)7-9-17-15(21)18-12(2)13-4-3-8-16-10-13/h3-4,8,10-12H,5-7,9H2,1-2H3,(H,19,20)(H2,17,18,21). The predicted octanol–water partition coefficient (Wildman–Crippen LogP) is 2.33. The number of nitrogens with zero attached hydrogens (tertiary/aromatic N) is 1. The second-order valence-electron chi connectivity index (χ2n) is 5.23. The molecule has 0 saturated heterocycles. The van der Waals surface area contributed by atoms with Gasteiger partial charge in [-0.15, -0.1) is 0 Å². The summed E-state index contributed by atoms with van der Waals surface area (Å²) >= 11 is 0. The molecule has 0 saturated carbocycles. The molecule has 0 radical (unpaired) electrons. The van der Waals surface area contributed by atoms with Crippen LogP contribution in [0.3, 0.4) is 0 Å². The van der Waals surface area contributed by atoms with E-state index < -0.39 is 5.97 Å². The zero-order valence-electron chi connectivity index (χ0n) is 12.5. The third-order valence-corrected chi connectivity index (χ3v) is 3.31. The van der Waals surface area contributed by atoms with Crippen molar-refractivity contribution in [2.24, 2.45) is 5.92 Å². The van der Waals surface area contributed by atoms with Crippen LogP contribution in [0.2, 0.25) is 0 Å². The van der Waals surface area contributed by atoms with Crippen LogP contribution in [0.1, 0.15) is 44.7 Å². The minimum atomic E-state index is -0.780. The quantitative estimate of drug-likeness (QED) is 0.686. The molecule has 1 aromatic heterocycles. The molecule has 6 nitrogen and oxygen atoms in total. The van der Waals surface area contributed by atoms with Crippen LogP contribution in [-0.2, 0) is 4.79 Å². The highest BCUT2D eigenvalue weighted by Crippen LogP contribution is 2.10. The zero-order chi connectivity index (χ0) is 15.7. The van der Waals surface area contributed by atoms with Crippen molar-refractivity contribution in [1.29, 1.82) is 0 Å². The van der Waals surface area contributed by atoms with Crippen molar-refractivity contribution < 1.29 is 14.7 Å². The maximum absolute atomic E-state index is 11.7. The Kier molecular flexibility index (Phi) is 7.21. The van der Waals surface area contributed by atoms with E-state index in [1.54, 1.807) is 12.4 Å². The summed E-state index contributed by atoms with van der Waals surface area (Å²) in [7, 11) is 0. The summed E-state index contributed by atoms with van der Waals surface area (Å²) < 4.78 is 0. The highest BCUT2D eigenvalue weighted by molar-refractivity contribution is 5.74. The number of carbonyl (C=O) groups is 2. The number of urea groups is 1. The predicted molar refractivity (Wildman–Crippen MR) is 79.8 cm³/mol. The summed E-state index contributed by atoms with van der Waals surface area (Å²) in [4.78, 5) is 26.2. The molecule has 2 amide bonds. The van der Waals surface area contributed by atoms with E-state index in [0.717, 1.165) is 12.0 Å². The number of carbonyl (C=O) groups excluding carboxylic acids is 1. The number of carboxylic acid groups (broad SMARTS) is 1. The zero-order valence-corrected chi connectivity index (χ0v) is 12.5. The van der Waals surface area contributed by atoms with Crippen LogP contribution in [0.5, 0.6) is 0 Å². The van der Waals surface area contributed by atoms with Gasteiger partial charge in [-0.3, -0.25) is 9.78 Å². The maximum Gasteiger partial charge on any atom is 0.315 e. The van der Waals surface area contributed by atoms with Crippen molar-refractivity contribution in [2.75, 3.05) is 6.54 Å². The number of aliphatic carboxylic acids is 1. The lowest BCUT2D eigenvalue weighted by Gasteiger charge is -2.15. The number of carboxylic acids is 1. The summed E-state index contributed by atoms with van der Waals surface area (Å²) in [6, 6.07) is 3.40. The van der Waals surface area contributed by atoms with Gasteiger partial charge in [0, 0.05) is 25.4 Å². The summed E-state index contributed by atoms with van der Waals surface area (Å²) in [5.41, 5.74) is 0.947. The van der Waals surface area contributed by atoms with Crippen molar-refractivity contribution in [3.05, 3.63) is 30.1 Å². The summed E-state index contributed by atoms with van der Waals surface area (Å²) in [5, 5.41) is 14.2. The van der Waals surface area contributed by atoms with E-state index in [-0.39, 0.29) is 24.4 Å². The Labute approximate surface area is 125 Å². The third-order valence-electron chi connectivity index (χ3n) is 3.31. The Hall–Kier alpha value is -2.11. The van der Waals surface area contributed by atoms with Crippen LogP contribution in [0.4, 0.5) is 4.79 Å². The molecule has 0 aromatic carbocycles. The second kappa shape index (κ2) is 8.94. The Morgan fingerprint density at radius 3 is 2.71 bits per heavy atom. The molecule has 2 atom stereocenters. The Morgan fingerprint density at radius 1 is 1.33 bits per heavy atom. The van der Waals surface area contributed by atoms with Crippen LogP contribution in [0.15, 0.2) is 24.5 Å². The fourth-order valence-corrected chi connectivity index (χ4v) is 1.91. The average molecular weight is 293 g/mol. The van der Waals surface area contributed by atoms with E-state index in [2.05, 4.69) is 15.6 Å². The smallest absolute Gasteiger partial charge is 0.315 e. The van der Waals surface area contributed by atoms with Crippen molar-refractivity contribution in [1.82, 2.24) is 15.6 Å². The second-order valence-corrected chi connectivity index (χ2v) is 5.23. The summed E-state index contributed by atoms with van der Waals surface area (Å²) in [6.45, 7) is 4.42. The van der Waals surface area contributed by atoms with E-state index in [4.69, 9.17) is 5.11 Å². The molecule has 0 aliphatic rings. The first-order valence-corrected chi connectivity index (χ1v) is 7.15. The highest BCUT2D eigenvalue weighted by Gasteiger charge is 2.10. The van der Waals surface area contributed by atoms with Crippen LogP contribution >= 0.6 is 0 Å². The minimum Gasteiger partial charge on any atom is -0.481 e. The molecule has 3 N–H and O–H groups in total. The number of aromatic nitrogens is 1. The minimum absolute atomic E-state index is 0.108. The van der Waals surface area contributed by atoms with E-state index >= 15 is 0 Å². The van der Waals surface area contributed by atoms with Crippen molar-refractivity contribution in [3.8, 4) is 0 Å². The van der Waals surface area contributed by atoms with Gasteiger partial charge < -0.3 is 15.7 Å². The molecule has 1 aromatic rings. The molecule has 1 rings (SSSR count). The molecule has 1 heterocycles. The van der Waals surface area contributed by atoms with E-state index in [0.29, 0.717) is 13.0 Å². The van der Waals surface area contributed by atoms with Gasteiger partial charge in [-0.05, 0) is 37.3 Å². The van der Waals surface area contributed by atoms with Gasteiger partial charge in [-0.25, -0.2) is 4.79 Å². The topological polar surface area (TPSA) is 91.3 Å². The first-order valence-electron chi connectivity index (χ1n) is 7.15. The normalized spacial score (nSPS) is 13.2. The molecule has 0 fully saturated rings. The molecule has 0 bridgehead atoms. The lowest BCUT2D eigenvalue weighted by molar-refractivity contribution is -0.137. The van der Waals surface area contributed by atoms with Crippen molar-refractivity contribution >= 4 is 12.0 Å². The Bertz CT molecular complexity index is 451. The fraction of sp³-hybridized carbons (Fsp3) is 0.533. The van der Waals surface area contributed by atoms with Crippen LogP contribution in [0.25, 0.3) is 0 Å². The van der Waals surface area contributed by atoms with E-state index in [9.17, 15) is 9.59 Å². The van der Waals surface area contributed by atoms with Gasteiger partial charge in [0.1, 0.15) is 0 Å². The molecule has 0 aliphatic heterocycles. The van der Waals surface area contributed by atoms with Gasteiger partial charge in [-0.2, -0.15) is 0 Å². The van der Waals surface area contributed by atoms with Crippen LogP contribution < -0.4 is 10.6 Å². The molecule has 21 heavy (non-hydrogen) atoms. The maximum atomic E-state index is 11.7. The van der Waals surface area contributed by atoms with E-state index in [1.165, 1.54) is 0 Å². The molecule has 0 aliphatic carbocycles. The molecule has 0 spiro atoms. The molecule has 116 valence electrons. The van der Waals surface area contributed by atoms with Gasteiger partial charge in [0.25, 0.3) is 0 Å². The first-order chi connectivity index (χ1) is 9.99. The average Bonchev–Trinajstić information content (AvgIpc) is 2.46. The number of amides is 2. The summed E-state index contributed by atoms with van der Waals surface area (Å²) in [6.07, 6.45) is 4.98. The lowest BCUT2D eigenvalue weighted by Crippen LogP contribution is -2.37. The summed E-state index contributed by atoms with van der Waals surface area (Å²) in [5.74, 6) is -0.505. The van der Waals surface area contributed by atoms with Gasteiger partial charge in [0.15, 0.2) is 0 Å². The highest BCUT2D eigenvalue weighted by atomic mass is 16.4. The number of rotatable bonds is 8. The Balaban J connectivity index is 2.21. The Morgan fingerprint density at radius 2 is 2.10 bits per heavy atom. The van der Waals surface area contributed by atoms with Gasteiger partial charge >= 0.3 is 12.0 Å². The SMILES string of the molecule is CC(CCNC(=O)NC(C)c1cccnc1)CCC(=O)O. The monoisotopic (exact) mass is 293 g/mol. The third kappa shape index (κ3) is 7.29. The first kappa shape index (κ1) is 16.9. The number of hydrogen-bond acceptors (Lipinski definition) is 3. The van der Waals surface area contributed by atoms with Crippen LogP contribution in [0, 0.1) is 5.92 Å². The van der Waals surface area contributed by atoms with Crippen molar-refractivity contribution in [3.63, 3.8) is 0 Å². The van der Waals surface area contributed by atoms with Gasteiger partial charge in [0.05, 0.1) is 6.04 Å².